The SMILES string of the molecule is CCc1ccc(N)cc1S(=O)(=O)NC[C@@H](C)O. The molecule has 0 saturated heterocycles. The molecule has 0 aliphatic rings. The van der Waals surface area contributed by atoms with Crippen molar-refractivity contribution in [1.29, 1.82) is 0 Å². The molecular formula is C11H18N2O3S. The van der Waals surface area contributed by atoms with Crippen LogP contribution in [0.25, 0.3) is 0 Å². The molecule has 1 aromatic rings. The van der Waals surface area contributed by atoms with Gasteiger partial charge in [0.15, 0.2) is 0 Å². The van der Waals surface area contributed by atoms with Crippen molar-refractivity contribution in [2.24, 2.45) is 0 Å². The first-order chi connectivity index (χ1) is 7.86. The smallest absolute Gasteiger partial charge is 0.241 e. The Morgan fingerprint density at radius 3 is 2.65 bits per heavy atom. The number of nitrogens with two attached hydrogens (primary N) is 1. The van der Waals surface area contributed by atoms with Crippen LogP contribution in [-0.4, -0.2) is 26.2 Å². The zero-order valence-corrected chi connectivity index (χ0v) is 10.8. The van der Waals surface area contributed by atoms with E-state index in [-0.39, 0.29) is 11.4 Å². The Morgan fingerprint density at radius 2 is 2.12 bits per heavy atom. The molecule has 0 amide bonds. The molecule has 0 saturated carbocycles. The van der Waals surface area contributed by atoms with Gasteiger partial charge in [-0.05, 0) is 31.0 Å². The van der Waals surface area contributed by atoms with Gasteiger partial charge in [0.1, 0.15) is 0 Å². The van der Waals surface area contributed by atoms with E-state index in [9.17, 15) is 8.42 Å². The van der Waals surface area contributed by atoms with Crippen LogP contribution in [0.4, 0.5) is 5.69 Å². The maximum Gasteiger partial charge on any atom is 0.241 e. The average molecular weight is 258 g/mol. The standard InChI is InChI=1S/C11H18N2O3S/c1-3-9-4-5-10(12)6-11(9)17(15,16)13-7-8(2)14/h4-6,8,13-14H,3,7,12H2,1-2H3/t8-/m1/s1. The Labute approximate surface area is 102 Å². The van der Waals surface area contributed by atoms with Gasteiger partial charge in [0.05, 0.1) is 11.0 Å². The number of aliphatic hydroxyl groups excluding tert-OH is 1. The second kappa shape index (κ2) is 5.48. The molecule has 0 aromatic heterocycles. The summed E-state index contributed by atoms with van der Waals surface area (Å²) in [6.45, 7) is 3.38. The van der Waals surface area contributed by atoms with Gasteiger partial charge in [-0.3, -0.25) is 0 Å². The van der Waals surface area contributed by atoms with E-state index in [0.717, 1.165) is 0 Å². The number of aryl methyl sites for hydroxylation is 1. The van der Waals surface area contributed by atoms with Crippen LogP contribution in [0.1, 0.15) is 19.4 Å². The second-order valence-electron chi connectivity index (χ2n) is 3.92. The molecule has 96 valence electrons. The number of benzene rings is 1. The van der Waals surface area contributed by atoms with Gasteiger partial charge < -0.3 is 10.8 Å². The van der Waals surface area contributed by atoms with Crippen molar-refractivity contribution in [3.63, 3.8) is 0 Å². The summed E-state index contributed by atoms with van der Waals surface area (Å²) < 4.78 is 26.3. The Hall–Kier alpha value is -1.11. The van der Waals surface area contributed by atoms with E-state index in [4.69, 9.17) is 10.8 Å². The van der Waals surface area contributed by atoms with Gasteiger partial charge >= 0.3 is 0 Å². The number of aliphatic hydroxyl groups is 1. The van der Waals surface area contributed by atoms with Gasteiger partial charge in [0, 0.05) is 12.2 Å². The van der Waals surface area contributed by atoms with E-state index in [1.807, 2.05) is 6.92 Å². The van der Waals surface area contributed by atoms with Crippen molar-refractivity contribution in [1.82, 2.24) is 4.72 Å². The Kier molecular flexibility index (Phi) is 4.50. The molecule has 4 N–H and O–H groups in total. The maximum atomic E-state index is 12.0. The third kappa shape index (κ3) is 3.69. The van der Waals surface area contributed by atoms with E-state index in [2.05, 4.69) is 4.72 Å². The van der Waals surface area contributed by atoms with Crippen molar-refractivity contribution in [3.05, 3.63) is 23.8 Å². The van der Waals surface area contributed by atoms with E-state index < -0.39 is 16.1 Å². The lowest BCUT2D eigenvalue weighted by molar-refractivity contribution is 0.198. The lowest BCUT2D eigenvalue weighted by atomic mass is 10.1. The van der Waals surface area contributed by atoms with Gasteiger partial charge in [-0.15, -0.1) is 0 Å². The highest BCUT2D eigenvalue weighted by Crippen LogP contribution is 2.19. The Balaban J connectivity index is 3.09. The molecule has 0 fully saturated rings. The highest BCUT2D eigenvalue weighted by atomic mass is 32.2. The minimum absolute atomic E-state index is 0.0136. The minimum Gasteiger partial charge on any atom is -0.399 e. The lowest BCUT2D eigenvalue weighted by Crippen LogP contribution is -2.31. The van der Waals surface area contributed by atoms with Gasteiger partial charge in [-0.2, -0.15) is 0 Å². The zero-order chi connectivity index (χ0) is 13.1. The average Bonchev–Trinajstić information content (AvgIpc) is 2.26. The van der Waals surface area contributed by atoms with Crippen molar-refractivity contribution in [2.45, 2.75) is 31.3 Å². The number of hydrogen-bond donors (Lipinski definition) is 3. The number of nitrogen functional groups attached to an aromatic ring is 1. The van der Waals surface area contributed by atoms with Gasteiger partial charge in [0.2, 0.25) is 10.0 Å². The number of rotatable bonds is 5. The van der Waals surface area contributed by atoms with E-state index in [1.54, 1.807) is 12.1 Å². The molecule has 1 aromatic carbocycles. The summed E-state index contributed by atoms with van der Waals surface area (Å²) in [6, 6.07) is 4.81. The summed E-state index contributed by atoms with van der Waals surface area (Å²) in [6.07, 6.45) is -0.124. The molecule has 17 heavy (non-hydrogen) atoms. The largest absolute Gasteiger partial charge is 0.399 e. The third-order valence-corrected chi connectivity index (χ3v) is 3.84. The molecule has 1 rings (SSSR count). The summed E-state index contributed by atoms with van der Waals surface area (Å²) >= 11 is 0. The van der Waals surface area contributed by atoms with Gasteiger partial charge in [-0.1, -0.05) is 13.0 Å². The van der Waals surface area contributed by atoms with Gasteiger partial charge in [0.25, 0.3) is 0 Å². The van der Waals surface area contributed by atoms with Crippen LogP contribution in [0.2, 0.25) is 0 Å². The fourth-order valence-corrected chi connectivity index (χ4v) is 2.89. The molecule has 5 nitrogen and oxygen atoms in total. The minimum atomic E-state index is -3.61. The van der Waals surface area contributed by atoms with Gasteiger partial charge in [-0.25, -0.2) is 13.1 Å². The molecule has 0 radical (unpaired) electrons. The predicted octanol–water partition coefficient (Wildman–Crippen LogP) is 0.490. The first-order valence-corrected chi connectivity index (χ1v) is 6.91. The topological polar surface area (TPSA) is 92.4 Å². The number of nitrogens with one attached hydrogen (secondary N) is 1. The first kappa shape index (κ1) is 14.0. The molecule has 0 aliphatic heterocycles. The molecule has 1 atom stereocenters. The highest BCUT2D eigenvalue weighted by molar-refractivity contribution is 7.89. The summed E-state index contributed by atoms with van der Waals surface area (Å²) in [4.78, 5) is 0.181. The molecule has 0 unspecified atom stereocenters. The van der Waals surface area contributed by atoms with Crippen LogP contribution in [0.3, 0.4) is 0 Å². The van der Waals surface area contributed by atoms with E-state index in [1.165, 1.54) is 13.0 Å². The summed E-state index contributed by atoms with van der Waals surface area (Å²) in [5.74, 6) is 0. The number of hydrogen-bond acceptors (Lipinski definition) is 4. The van der Waals surface area contributed by atoms with Crippen molar-refractivity contribution in [3.8, 4) is 0 Å². The normalized spacial score (nSPS) is 13.6. The second-order valence-corrected chi connectivity index (χ2v) is 5.66. The quantitative estimate of drug-likeness (QED) is 0.670. The molecule has 0 aliphatic carbocycles. The van der Waals surface area contributed by atoms with Crippen LogP contribution in [0.5, 0.6) is 0 Å². The first-order valence-electron chi connectivity index (χ1n) is 5.43. The Bertz CT molecular complexity index is 483. The van der Waals surface area contributed by atoms with E-state index in [0.29, 0.717) is 17.7 Å². The summed E-state index contributed by atoms with van der Waals surface area (Å²) in [5.41, 5.74) is 6.70. The molecular weight excluding hydrogens is 240 g/mol. The predicted molar refractivity (Wildman–Crippen MR) is 67.1 cm³/mol. The molecule has 0 heterocycles. The number of anilines is 1. The number of sulfonamides is 1. The van der Waals surface area contributed by atoms with Crippen LogP contribution in [0.15, 0.2) is 23.1 Å². The van der Waals surface area contributed by atoms with E-state index >= 15 is 0 Å². The Morgan fingerprint density at radius 1 is 1.47 bits per heavy atom. The van der Waals surface area contributed by atoms with Crippen molar-refractivity contribution >= 4 is 15.7 Å². The fourth-order valence-electron chi connectivity index (χ4n) is 1.42. The van der Waals surface area contributed by atoms with Crippen LogP contribution < -0.4 is 10.5 Å². The maximum absolute atomic E-state index is 12.0. The van der Waals surface area contributed by atoms with Crippen molar-refractivity contribution < 1.29 is 13.5 Å². The third-order valence-electron chi connectivity index (χ3n) is 2.33. The summed E-state index contributed by atoms with van der Waals surface area (Å²) in [7, 11) is -3.61. The summed E-state index contributed by atoms with van der Waals surface area (Å²) in [5, 5.41) is 9.09. The zero-order valence-electron chi connectivity index (χ0n) is 9.97. The fraction of sp³-hybridized carbons (Fsp3) is 0.455. The van der Waals surface area contributed by atoms with Crippen LogP contribution >= 0.6 is 0 Å². The van der Waals surface area contributed by atoms with Crippen LogP contribution in [0, 0.1) is 0 Å². The highest BCUT2D eigenvalue weighted by Gasteiger charge is 2.18. The monoisotopic (exact) mass is 258 g/mol. The molecule has 6 heteroatoms. The molecule has 0 spiro atoms. The lowest BCUT2D eigenvalue weighted by Gasteiger charge is -2.12. The van der Waals surface area contributed by atoms with Crippen molar-refractivity contribution in [2.75, 3.05) is 12.3 Å². The molecule has 0 bridgehead atoms. The van der Waals surface area contributed by atoms with Crippen LogP contribution in [-0.2, 0) is 16.4 Å².